The molecule has 0 amide bonds. The Morgan fingerprint density at radius 1 is 0.920 bits per heavy atom. The lowest BCUT2D eigenvalue weighted by atomic mass is 9.95. The van der Waals surface area contributed by atoms with E-state index in [0.29, 0.717) is 18.3 Å². The third-order valence-electron chi connectivity index (χ3n) is 4.38. The van der Waals surface area contributed by atoms with Crippen molar-refractivity contribution >= 4 is 21.7 Å². The molecule has 0 bridgehead atoms. The van der Waals surface area contributed by atoms with Crippen molar-refractivity contribution in [3.63, 3.8) is 0 Å². The van der Waals surface area contributed by atoms with Gasteiger partial charge in [0.15, 0.2) is 5.82 Å². The molecule has 0 spiro atoms. The monoisotopic (exact) mass is 360 g/mol. The third-order valence-corrected chi connectivity index (χ3v) is 5.65. The van der Waals surface area contributed by atoms with Gasteiger partial charge in [-0.3, -0.25) is 4.72 Å². The Hall–Kier alpha value is -2.15. The lowest BCUT2D eigenvalue weighted by molar-refractivity contribution is 0.461. The minimum absolute atomic E-state index is 0.0147. The molecular weight excluding hydrogens is 336 g/mol. The number of nitrogens with zero attached hydrogens (tertiary/aromatic N) is 2. The van der Waals surface area contributed by atoms with Gasteiger partial charge in [-0.1, -0.05) is 49.6 Å². The highest BCUT2D eigenvalue weighted by molar-refractivity contribution is 7.92. The molecule has 0 radical (unpaired) electrons. The highest BCUT2D eigenvalue weighted by atomic mass is 32.2. The molecule has 1 fully saturated rings. The zero-order valence-electron chi connectivity index (χ0n) is 14.2. The molecule has 1 aliphatic rings. The number of aryl methyl sites for hydroxylation is 1. The molecule has 0 aliphatic heterocycles. The van der Waals surface area contributed by atoms with Crippen molar-refractivity contribution in [2.75, 3.05) is 15.8 Å². The summed E-state index contributed by atoms with van der Waals surface area (Å²) in [5, 5.41) is 11.4. The number of hydrogen-bond donors (Lipinski definition) is 2. The van der Waals surface area contributed by atoms with Gasteiger partial charge in [0, 0.05) is 6.04 Å². The molecule has 2 N–H and O–H groups in total. The van der Waals surface area contributed by atoms with Crippen molar-refractivity contribution in [3.05, 3.63) is 48.0 Å². The van der Waals surface area contributed by atoms with Crippen LogP contribution >= 0.6 is 0 Å². The molecule has 25 heavy (non-hydrogen) atoms. The van der Waals surface area contributed by atoms with Crippen LogP contribution in [0.15, 0.2) is 42.5 Å². The molecule has 7 heteroatoms. The fourth-order valence-electron chi connectivity index (χ4n) is 3.03. The Morgan fingerprint density at radius 3 is 2.28 bits per heavy atom. The molecule has 0 unspecified atom stereocenters. The van der Waals surface area contributed by atoms with E-state index in [1.807, 2.05) is 30.3 Å². The normalized spacial score (nSPS) is 15.7. The molecule has 3 rings (SSSR count). The number of aromatic nitrogens is 2. The minimum atomic E-state index is -3.45. The number of benzene rings is 1. The van der Waals surface area contributed by atoms with Crippen molar-refractivity contribution in [1.29, 1.82) is 0 Å². The number of rotatable bonds is 7. The molecule has 134 valence electrons. The molecule has 1 saturated carbocycles. The van der Waals surface area contributed by atoms with Crippen LogP contribution in [0.5, 0.6) is 0 Å². The summed E-state index contributed by atoms with van der Waals surface area (Å²) in [6, 6.07) is 13.4. The summed E-state index contributed by atoms with van der Waals surface area (Å²) < 4.78 is 26.9. The second kappa shape index (κ2) is 8.29. The van der Waals surface area contributed by atoms with E-state index in [1.54, 1.807) is 12.1 Å². The van der Waals surface area contributed by atoms with Gasteiger partial charge in [-0.25, -0.2) is 8.42 Å². The summed E-state index contributed by atoms with van der Waals surface area (Å²) in [5.74, 6) is 0.960. The average Bonchev–Trinajstić information content (AvgIpc) is 2.63. The van der Waals surface area contributed by atoms with Crippen LogP contribution < -0.4 is 10.0 Å². The summed E-state index contributed by atoms with van der Waals surface area (Å²) >= 11 is 0. The largest absolute Gasteiger partial charge is 0.366 e. The molecule has 1 heterocycles. The third kappa shape index (κ3) is 5.70. The van der Waals surface area contributed by atoms with Crippen molar-refractivity contribution in [2.45, 2.75) is 44.6 Å². The molecule has 0 atom stereocenters. The first-order valence-corrected chi connectivity index (χ1v) is 10.4. The van der Waals surface area contributed by atoms with E-state index < -0.39 is 10.0 Å². The summed E-state index contributed by atoms with van der Waals surface area (Å²) in [7, 11) is -3.45. The lowest BCUT2D eigenvalue weighted by Gasteiger charge is -2.22. The molecule has 0 saturated heterocycles. The highest BCUT2D eigenvalue weighted by Crippen LogP contribution is 2.20. The van der Waals surface area contributed by atoms with Gasteiger partial charge < -0.3 is 5.32 Å². The maximum atomic E-state index is 12.2. The predicted octanol–water partition coefficient (Wildman–Crippen LogP) is 3.21. The van der Waals surface area contributed by atoms with Crippen LogP contribution in [0.25, 0.3) is 0 Å². The number of anilines is 2. The van der Waals surface area contributed by atoms with Gasteiger partial charge >= 0.3 is 0 Å². The van der Waals surface area contributed by atoms with Crippen LogP contribution in [0.2, 0.25) is 0 Å². The van der Waals surface area contributed by atoms with Gasteiger partial charge in [-0.2, -0.15) is 0 Å². The van der Waals surface area contributed by atoms with Crippen LogP contribution in [-0.2, 0) is 16.4 Å². The zero-order chi connectivity index (χ0) is 17.5. The first-order chi connectivity index (χ1) is 12.1. The number of sulfonamides is 1. The molecule has 1 aliphatic carbocycles. The predicted molar refractivity (Wildman–Crippen MR) is 100 cm³/mol. The first-order valence-electron chi connectivity index (χ1n) is 8.75. The van der Waals surface area contributed by atoms with E-state index in [2.05, 4.69) is 20.2 Å². The van der Waals surface area contributed by atoms with Gasteiger partial charge in [0.1, 0.15) is 5.82 Å². The van der Waals surface area contributed by atoms with Gasteiger partial charge in [-0.05, 0) is 37.0 Å². The van der Waals surface area contributed by atoms with Crippen molar-refractivity contribution < 1.29 is 8.42 Å². The molecular formula is C18H24N4O2S. The van der Waals surface area contributed by atoms with Gasteiger partial charge in [0.05, 0.1) is 5.75 Å². The Balaban J connectivity index is 1.53. The molecule has 1 aromatic heterocycles. The number of hydrogen-bond acceptors (Lipinski definition) is 5. The van der Waals surface area contributed by atoms with Crippen LogP contribution in [0, 0.1) is 0 Å². The molecule has 6 nitrogen and oxygen atoms in total. The zero-order valence-corrected chi connectivity index (χ0v) is 15.0. The first kappa shape index (κ1) is 17.7. The summed E-state index contributed by atoms with van der Waals surface area (Å²) in [5.41, 5.74) is 0.992. The van der Waals surface area contributed by atoms with E-state index in [9.17, 15) is 8.42 Å². The van der Waals surface area contributed by atoms with Crippen LogP contribution in [0.1, 0.15) is 37.7 Å². The smallest absolute Gasteiger partial charge is 0.234 e. The van der Waals surface area contributed by atoms with E-state index in [0.717, 1.165) is 18.4 Å². The van der Waals surface area contributed by atoms with Crippen molar-refractivity contribution in [3.8, 4) is 0 Å². The molecule has 1 aromatic carbocycles. The Labute approximate surface area is 149 Å². The number of nitrogens with one attached hydrogen (secondary N) is 2. The van der Waals surface area contributed by atoms with Gasteiger partial charge in [0.25, 0.3) is 0 Å². The van der Waals surface area contributed by atoms with Crippen LogP contribution in [-0.4, -0.2) is 30.4 Å². The van der Waals surface area contributed by atoms with E-state index in [1.165, 1.54) is 19.3 Å². The standard InChI is InChI=1S/C18H24N4O2S/c23-25(24,14-13-15-7-3-1-4-8-15)22-18-12-11-17(20-21-18)19-16-9-5-2-6-10-16/h1,3-4,7-8,11-12,16H,2,5-6,9-10,13-14H2,(H,19,20)(H,21,22). The highest BCUT2D eigenvalue weighted by Gasteiger charge is 2.15. The Morgan fingerprint density at radius 2 is 1.60 bits per heavy atom. The maximum absolute atomic E-state index is 12.2. The average molecular weight is 360 g/mol. The van der Waals surface area contributed by atoms with E-state index >= 15 is 0 Å². The summed E-state index contributed by atoms with van der Waals surface area (Å²) in [6.45, 7) is 0. The fraction of sp³-hybridized carbons (Fsp3) is 0.444. The quantitative estimate of drug-likeness (QED) is 0.792. The van der Waals surface area contributed by atoms with Gasteiger partial charge in [-0.15, -0.1) is 10.2 Å². The van der Waals surface area contributed by atoms with Crippen molar-refractivity contribution in [2.24, 2.45) is 0 Å². The summed E-state index contributed by atoms with van der Waals surface area (Å²) in [6.07, 6.45) is 6.54. The Bertz CT molecular complexity index is 757. The Kier molecular flexibility index (Phi) is 5.86. The van der Waals surface area contributed by atoms with Gasteiger partial charge in [0.2, 0.25) is 10.0 Å². The topological polar surface area (TPSA) is 84.0 Å². The lowest BCUT2D eigenvalue weighted by Crippen LogP contribution is -2.23. The van der Waals surface area contributed by atoms with Crippen LogP contribution in [0.4, 0.5) is 11.6 Å². The van der Waals surface area contributed by atoms with E-state index in [-0.39, 0.29) is 11.6 Å². The van der Waals surface area contributed by atoms with Crippen LogP contribution in [0.3, 0.4) is 0 Å². The van der Waals surface area contributed by atoms with Crippen molar-refractivity contribution in [1.82, 2.24) is 10.2 Å². The second-order valence-corrected chi connectivity index (χ2v) is 8.28. The summed E-state index contributed by atoms with van der Waals surface area (Å²) in [4.78, 5) is 0. The molecule has 2 aromatic rings. The minimum Gasteiger partial charge on any atom is -0.366 e. The van der Waals surface area contributed by atoms with E-state index in [4.69, 9.17) is 0 Å². The second-order valence-electron chi connectivity index (χ2n) is 6.44. The fourth-order valence-corrected chi connectivity index (χ4v) is 4.06. The SMILES string of the molecule is O=S(=O)(CCc1ccccc1)Nc1ccc(NC2CCCCC2)nn1. The maximum Gasteiger partial charge on any atom is 0.234 e.